The van der Waals surface area contributed by atoms with Gasteiger partial charge in [-0.25, -0.2) is 4.98 Å². The third-order valence-corrected chi connectivity index (χ3v) is 3.29. The Bertz CT molecular complexity index is 345. The lowest BCUT2D eigenvalue weighted by atomic mass is 9.95. The largest absolute Gasteiger partial charge is 0.473 e. The zero-order chi connectivity index (χ0) is 12.1. The van der Waals surface area contributed by atoms with Crippen LogP contribution in [0.1, 0.15) is 31.4 Å². The summed E-state index contributed by atoms with van der Waals surface area (Å²) in [6, 6.07) is 0. The van der Waals surface area contributed by atoms with Gasteiger partial charge in [0.2, 0.25) is 5.88 Å². The van der Waals surface area contributed by atoms with Crippen molar-refractivity contribution >= 4 is 11.6 Å². The number of alkyl halides is 1. The Balaban J connectivity index is 1.90. The van der Waals surface area contributed by atoms with Gasteiger partial charge >= 0.3 is 0 Å². The highest BCUT2D eigenvalue weighted by Crippen LogP contribution is 2.24. The highest BCUT2D eigenvalue weighted by atomic mass is 35.5. The highest BCUT2D eigenvalue weighted by Gasteiger charge is 2.23. The van der Waals surface area contributed by atoms with E-state index in [2.05, 4.69) is 9.97 Å². The van der Waals surface area contributed by atoms with Crippen LogP contribution >= 0.6 is 11.6 Å². The summed E-state index contributed by atoms with van der Waals surface area (Å²) >= 11 is 5.65. The van der Waals surface area contributed by atoms with Crippen molar-refractivity contribution < 1.29 is 9.47 Å². The molecule has 2 rings (SSSR count). The summed E-state index contributed by atoms with van der Waals surface area (Å²) in [5.41, 5.74) is 0.762. The zero-order valence-electron chi connectivity index (χ0n) is 9.93. The van der Waals surface area contributed by atoms with Crippen molar-refractivity contribution in [3.8, 4) is 5.88 Å². The minimum absolute atomic E-state index is 0.185. The summed E-state index contributed by atoms with van der Waals surface area (Å²) in [4.78, 5) is 8.34. The van der Waals surface area contributed by atoms with Gasteiger partial charge in [0, 0.05) is 13.5 Å². The molecule has 17 heavy (non-hydrogen) atoms. The Morgan fingerprint density at radius 3 is 2.76 bits per heavy atom. The molecule has 1 saturated carbocycles. The molecule has 1 aliphatic carbocycles. The molecule has 1 fully saturated rings. The molecule has 0 N–H and O–H groups in total. The second kappa shape index (κ2) is 6.17. The lowest BCUT2D eigenvalue weighted by Gasteiger charge is -2.28. The van der Waals surface area contributed by atoms with E-state index in [9.17, 15) is 0 Å². The van der Waals surface area contributed by atoms with Gasteiger partial charge in [-0.05, 0) is 19.3 Å². The van der Waals surface area contributed by atoms with Gasteiger partial charge in [0.05, 0.1) is 30.1 Å². The quantitative estimate of drug-likeness (QED) is 0.777. The van der Waals surface area contributed by atoms with Crippen molar-refractivity contribution in [2.24, 2.45) is 0 Å². The Morgan fingerprint density at radius 1 is 1.29 bits per heavy atom. The summed E-state index contributed by atoms with van der Waals surface area (Å²) in [7, 11) is 1.75. The summed E-state index contributed by atoms with van der Waals surface area (Å²) in [6.07, 6.45) is 8.01. The van der Waals surface area contributed by atoms with Crippen LogP contribution in [0.2, 0.25) is 0 Å². The molecule has 0 amide bonds. The van der Waals surface area contributed by atoms with Gasteiger partial charge in [0.15, 0.2) is 0 Å². The normalized spacial score (nSPS) is 24.6. The van der Waals surface area contributed by atoms with E-state index in [-0.39, 0.29) is 6.10 Å². The van der Waals surface area contributed by atoms with Gasteiger partial charge in [-0.15, -0.1) is 11.6 Å². The molecule has 4 nitrogen and oxygen atoms in total. The zero-order valence-corrected chi connectivity index (χ0v) is 10.7. The molecule has 0 aliphatic heterocycles. The van der Waals surface area contributed by atoms with Gasteiger partial charge in [-0.3, -0.25) is 4.98 Å². The molecule has 2 unspecified atom stereocenters. The van der Waals surface area contributed by atoms with Crippen LogP contribution in [0.15, 0.2) is 12.4 Å². The van der Waals surface area contributed by atoms with Crippen LogP contribution < -0.4 is 4.74 Å². The Labute approximate surface area is 106 Å². The summed E-state index contributed by atoms with van der Waals surface area (Å²) in [6.45, 7) is 0. The highest BCUT2D eigenvalue weighted by molar-refractivity contribution is 6.16. The molecule has 94 valence electrons. The first-order valence-electron chi connectivity index (χ1n) is 5.88. The average molecular weight is 257 g/mol. The standard InChI is InChI=1S/C12H17ClN2O2/c1-16-10-3-2-4-11(5-10)17-12-8-14-9(6-13)7-15-12/h7-8,10-11H,2-6H2,1H3. The van der Waals surface area contributed by atoms with Gasteiger partial charge in [0.25, 0.3) is 0 Å². The molecule has 2 atom stereocenters. The smallest absolute Gasteiger partial charge is 0.232 e. The number of halogens is 1. The van der Waals surface area contributed by atoms with Crippen LogP contribution in [0, 0.1) is 0 Å². The minimum atomic E-state index is 0.185. The molecule has 0 aromatic carbocycles. The van der Waals surface area contributed by atoms with E-state index < -0.39 is 0 Å². The molecule has 5 heteroatoms. The number of methoxy groups -OCH3 is 1. The Morgan fingerprint density at radius 2 is 2.12 bits per heavy atom. The van der Waals surface area contributed by atoms with E-state index >= 15 is 0 Å². The maximum Gasteiger partial charge on any atom is 0.232 e. The van der Waals surface area contributed by atoms with Crippen LogP contribution in [0.25, 0.3) is 0 Å². The lowest BCUT2D eigenvalue weighted by Crippen LogP contribution is -2.29. The second-order valence-corrected chi connectivity index (χ2v) is 4.51. The first-order valence-corrected chi connectivity index (χ1v) is 6.41. The van der Waals surface area contributed by atoms with Crippen molar-refractivity contribution in [2.45, 2.75) is 43.8 Å². The fourth-order valence-electron chi connectivity index (χ4n) is 2.07. The lowest BCUT2D eigenvalue weighted by molar-refractivity contribution is 0.0193. The van der Waals surface area contributed by atoms with Gasteiger partial charge in [-0.1, -0.05) is 0 Å². The maximum absolute atomic E-state index is 5.79. The SMILES string of the molecule is COC1CCCC(Oc2cnc(CCl)cn2)C1. The van der Waals surface area contributed by atoms with E-state index in [0.29, 0.717) is 17.9 Å². The molecule has 0 bridgehead atoms. The first-order chi connectivity index (χ1) is 8.31. The molecule has 1 aromatic rings. The van der Waals surface area contributed by atoms with Crippen molar-refractivity contribution in [1.82, 2.24) is 9.97 Å². The van der Waals surface area contributed by atoms with E-state index in [1.54, 1.807) is 19.5 Å². The number of aromatic nitrogens is 2. The molecule has 0 radical (unpaired) electrons. The molecular weight excluding hydrogens is 240 g/mol. The number of hydrogen-bond acceptors (Lipinski definition) is 4. The fraction of sp³-hybridized carbons (Fsp3) is 0.667. The number of hydrogen-bond donors (Lipinski definition) is 0. The molecule has 1 aliphatic rings. The Hall–Kier alpha value is -0.870. The second-order valence-electron chi connectivity index (χ2n) is 4.24. The molecular formula is C12H17ClN2O2. The first kappa shape index (κ1) is 12.6. The van der Waals surface area contributed by atoms with Gasteiger partial charge in [-0.2, -0.15) is 0 Å². The predicted molar refractivity (Wildman–Crippen MR) is 65.3 cm³/mol. The van der Waals surface area contributed by atoms with Crippen molar-refractivity contribution in [1.29, 1.82) is 0 Å². The van der Waals surface area contributed by atoms with Crippen LogP contribution in [0.4, 0.5) is 0 Å². The number of ether oxygens (including phenoxy) is 2. The number of rotatable bonds is 4. The third-order valence-electron chi connectivity index (χ3n) is 3.02. The number of nitrogens with zero attached hydrogens (tertiary/aromatic N) is 2. The molecule has 0 spiro atoms. The van der Waals surface area contributed by atoms with E-state index in [0.717, 1.165) is 31.4 Å². The van der Waals surface area contributed by atoms with Crippen LogP contribution in [0.3, 0.4) is 0 Å². The van der Waals surface area contributed by atoms with E-state index in [1.165, 1.54) is 0 Å². The van der Waals surface area contributed by atoms with Crippen LogP contribution in [-0.2, 0) is 10.6 Å². The average Bonchev–Trinajstić information content (AvgIpc) is 2.40. The van der Waals surface area contributed by atoms with Crippen LogP contribution in [-0.4, -0.2) is 29.3 Å². The van der Waals surface area contributed by atoms with Crippen LogP contribution in [0.5, 0.6) is 5.88 Å². The maximum atomic E-state index is 5.79. The van der Waals surface area contributed by atoms with Crippen molar-refractivity contribution in [3.63, 3.8) is 0 Å². The topological polar surface area (TPSA) is 44.2 Å². The van der Waals surface area contributed by atoms with Crippen molar-refractivity contribution in [2.75, 3.05) is 7.11 Å². The van der Waals surface area contributed by atoms with Gasteiger partial charge in [0.1, 0.15) is 6.10 Å². The van der Waals surface area contributed by atoms with E-state index in [4.69, 9.17) is 21.1 Å². The monoisotopic (exact) mass is 256 g/mol. The van der Waals surface area contributed by atoms with E-state index in [1.807, 2.05) is 0 Å². The Kier molecular flexibility index (Phi) is 4.57. The predicted octanol–water partition coefficient (Wildman–Crippen LogP) is 2.55. The molecule has 1 aromatic heterocycles. The van der Waals surface area contributed by atoms with Gasteiger partial charge < -0.3 is 9.47 Å². The minimum Gasteiger partial charge on any atom is -0.473 e. The molecule has 1 heterocycles. The summed E-state index contributed by atoms with van der Waals surface area (Å²) in [5.74, 6) is 0.947. The van der Waals surface area contributed by atoms with Crippen molar-refractivity contribution in [3.05, 3.63) is 18.1 Å². The molecule has 0 saturated heterocycles. The summed E-state index contributed by atoms with van der Waals surface area (Å²) in [5, 5.41) is 0. The fourth-order valence-corrected chi connectivity index (χ4v) is 2.20. The third kappa shape index (κ3) is 3.54. The summed E-state index contributed by atoms with van der Waals surface area (Å²) < 4.78 is 11.2.